The first kappa shape index (κ1) is 23.9. The smallest absolute Gasteiger partial charge is 0.241 e. The van der Waals surface area contributed by atoms with Crippen molar-refractivity contribution >= 4 is 5.91 Å². The monoisotopic (exact) mass is 355 g/mol. The van der Waals surface area contributed by atoms with Gasteiger partial charge in [-0.15, -0.1) is 0 Å². The molecule has 0 saturated carbocycles. The molecule has 2 N–H and O–H groups in total. The van der Waals surface area contributed by atoms with E-state index in [2.05, 4.69) is 25.2 Å². The zero-order valence-electron chi connectivity index (χ0n) is 16.5. The lowest BCUT2D eigenvalue weighted by Gasteiger charge is -2.00. The summed E-state index contributed by atoms with van der Waals surface area (Å²) in [5.41, 5.74) is 4.98. The molecular weight excluding hydrogens is 318 g/mol. The zero-order chi connectivity index (χ0) is 19.1. The third-order valence-electron chi connectivity index (χ3n) is 3.87. The summed E-state index contributed by atoms with van der Waals surface area (Å²) in [5.74, 6) is -0.436. The van der Waals surface area contributed by atoms with Crippen molar-refractivity contribution in [3.05, 3.63) is 72.9 Å². The molecule has 0 atom stereocenters. The Morgan fingerprint density at radius 2 is 1.04 bits per heavy atom. The number of primary amides is 1. The van der Waals surface area contributed by atoms with Gasteiger partial charge < -0.3 is 5.73 Å². The van der Waals surface area contributed by atoms with Crippen molar-refractivity contribution in [2.45, 2.75) is 71.1 Å². The predicted molar refractivity (Wildman–Crippen MR) is 116 cm³/mol. The lowest BCUT2D eigenvalue weighted by molar-refractivity contribution is -0.113. The molecule has 0 aliphatic rings. The molecule has 0 radical (unpaired) electrons. The first-order chi connectivity index (χ1) is 12.8. The van der Waals surface area contributed by atoms with E-state index < -0.39 is 5.91 Å². The van der Waals surface area contributed by atoms with E-state index in [1.165, 1.54) is 70.3 Å². The second-order valence-electron chi connectivity index (χ2n) is 6.35. The summed E-state index contributed by atoms with van der Waals surface area (Å²) in [6, 6.07) is 0. The van der Waals surface area contributed by atoms with Gasteiger partial charge in [0.25, 0.3) is 0 Å². The van der Waals surface area contributed by atoms with Gasteiger partial charge >= 0.3 is 0 Å². The number of amides is 1. The standard InChI is InChI=1S/C24H37NO/c1-2-3-4-5-6-7-8-9-10-11-12-13-14-15-16-17-18-19-20-21-22-23-24(25)26/h12-23H,2-11H2,1H3,(H2,25,26). The highest BCUT2D eigenvalue weighted by molar-refractivity contribution is 5.85. The lowest BCUT2D eigenvalue weighted by Crippen LogP contribution is -2.04. The first-order valence-corrected chi connectivity index (χ1v) is 10.1. The van der Waals surface area contributed by atoms with E-state index in [1.54, 1.807) is 12.2 Å². The summed E-state index contributed by atoms with van der Waals surface area (Å²) in [7, 11) is 0. The van der Waals surface area contributed by atoms with Gasteiger partial charge in [-0.2, -0.15) is 0 Å². The highest BCUT2D eigenvalue weighted by Crippen LogP contribution is 2.10. The van der Waals surface area contributed by atoms with Crippen molar-refractivity contribution in [3.63, 3.8) is 0 Å². The van der Waals surface area contributed by atoms with Crippen LogP contribution in [0.25, 0.3) is 0 Å². The van der Waals surface area contributed by atoms with Crippen molar-refractivity contribution in [2.75, 3.05) is 0 Å². The Labute approximate surface area is 160 Å². The number of unbranched alkanes of at least 4 members (excludes halogenated alkanes) is 9. The average Bonchev–Trinajstić information content (AvgIpc) is 2.62. The second kappa shape index (κ2) is 21.0. The third kappa shape index (κ3) is 21.9. The van der Waals surface area contributed by atoms with Gasteiger partial charge in [0.2, 0.25) is 5.91 Å². The molecule has 144 valence electrons. The fourth-order valence-corrected chi connectivity index (χ4v) is 2.41. The number of allylic oxidation sites excluding steroid dienone is 11. The number of carbonyl (C=O) groups excluding carboxylic acids is 1. The summed E-state index contributed by atoms with van der Waals surface area (Å²) in [5, 5.41) is 0. The topological polar surface area (TPSA) is 43.1 Å². The van der Waals surface area contributed by atoms with Gasteiger partial charge in [0, 0.05) is 6.08 Å². The molecule has 0 aliphatic carbocycles. The van der Waals surface area contributed by atoms with Gasteiger partial charge in [0.15, 0.2) is 0 Å². The highest BCUT2D eigenvalue weighted by atomic mass is 16.1. The summed E-state index contributed by atoms with van der Waals surface area (Å²) < 4.78 is 0. The molecule has 0 aromatic rings. The van der Waals surface area contributed by atoms with E-state index in [4.69, 9.17) is 5.73 Å². The molecular formula is C24H37NO. The largest absolute Gasteiger partial charge is 0.366 e. The van der Waals surface area contributed by atoms with E-state index >= 15 is 0 Å². The second-order valence-corrected chi connectivity index (χ2v) is 6.35. The Hall–Kier alpha value is -2.09. The fraction of sp³-hybridized carbons (Fsp3) is 0.458. The van der Waals surface area contributed by atoms with E-state index in [-0.39, 0.29) is 0 Å². The minimum Gasteiger partial charge on any atom is -0.366 e. The molecule has 2 nitrogen and oxygen atoms in total. The number of nitrogens with two attached hydrogens (primary N) is 1. The molecule has 2 heteroatoms. The molecule has 0 rings (SSSR count). The van der Waals surface area contributed by atoms with Crippen LogP contribution in [0, 0.1) is 0 Å². The van der Waals surface area contributed by atoms with Gasteiger partial charge in [-0.05, 0) is 12.8 Å². The van der Waals surface area contributed by atoms with E-state index in [1.807, 2.05) is 36.5 Å². The van der Waals surface area contributed by atoms with Gasteiger partial charge in [0.1, 0.15) is 0 Å². The lowest BCUT2D eigenvalue weighted by atomic mass is 10.1. The van der Waals surface area contributed by atoms with Crippen LogP contribution in [-0.4, -0.2) is 5.91 Å². The van der Waals surface area contributed by atoms with Crippen LogP contribution in [0.4, 0.5) is 0 Å². The average molecular weight is 356 g/mol. The Kier molecular flexibility index (Phi) is 19.3. The predicted octanol–water partition coefficient (Wildman–Crippen LogP) is 6.73. The maximum Gasteiger partial charge on any atom is 0.241 e. The molecule has 0 saturated heterocycles. The minimum absolute atomic E-state index is 0.436. The summed E-state index contributed by atoms with van der Waals surface area (Å²) >= 11 is 0. The Morgan fingerprint density at radius 1 is 0.615 bits per heavy atom. The van der Waals surface area contributed by atoms with Crippen molar-refractivity contribution in [2.24, 2.45) is 5.73 Å². The van der Waals surface area contributed by atoms with Crippen molar-refractivity contribution in [1.82, 2.24) is 0 Å². The Bertz CT molecular complexity index is 492. The highest BCUT2D eigenvalue weighted by Gasteiger charge is 1.90. The van der Waals surface area contributed by atoms with E-state index in [0.717, 1.165) is 0 Å². The van der Waals surface area contributed by atoms with Crippen LogP contribution in [0.15, 0.2) is 72.9 Å². The summed E-state index contributed by atoms with van der Waals surface area (Å²) in [4.78, 5) is 10.5. The fourth-order valence-electron chi connectivity index (χ4n) is 2.41. The van der Waals surface area contributed by atoms with E-state index in [9.17, 15) is 4.79 Å². The van der Waals surface area contributed by atoms with Gasteiger partial charge in [-0.1, -0.05) is 125 Å². The molecule has 0 heterocycles. The number of rotatable bonds is 16. The van der Waals surface area contributed by atoms with Crippen LogP contribution in [0.1, 0.15) is 71.1 Å². The minimum atomic E-state index is -0.436. The van der Waals surface area contributed by atoms with Crippen LogP contribution in [0.3, 0.4) is 0 Å². The molecule has 0 unspecified atom stereocenters. The maximum atomic E-state index is 10.5. The van der Waals surface area contributed by atoms with Crippen LogP contribution in [0.2, 0.25) is 0 Å². The SMILES string of the molecule is CCCCCCCCCCCC=CC=CC=CC=CC=CC=CC(N)=O. The molecule has 0 spiro atoms. The third-order valence-corrected chi connectivity index (χ3v) is 3.87. The van der Waals surface area contributed by atoms with Crippen molar-refractivity contribution in [1.29, 1.82) is 0 Å². The molecule has 0 aliphatic heterocycles. The van der Waals surface area contributed by atoms with Crippen LogP contribution in [-0.2, 0) is 4.79 Å². The van der Waals surface area contributed by atoms with Crippen molar-refractivity contribution < 1.29 is 4.79 Å². The number of carbonyl (C=O) groups is 1. The molecule has 0 aromatic carbocycles. The van der Waals surface area contributed by atoms with Crippen LogP contribution < -0.4 is 5.73 Å². The Balaban J connectivity index is 3.51. The molecule has 0 aromatic heterocycles. The summed E-state index contributed by atoms with van der Waals surface area (Å²) in [6.45, 7) is 2.27. The molecule has 0 fully saturated rings. The van der Waals surface area contributed by atoms with Gasteiger partial charge in [-0.25, -0.2) is 0 Å². The molecule has 0 bridgehead atoms. The summed E-state index contributed by atoms with van der Waals surface area (Å²) in [6.07, 6.45) is 36.4. The molecule has 26 heavy (non-hydrogen) atoms. The quantitative estimate of drug-likeness (QED) is 0.186. The zero-order valence-corrected chi connectivity index (χ0v) is 16.5. The maximum absolute atomic E-state index is 10.5. The number of hydrogen-bond acceptors (Lipinski definition) is 1. The van der Waals surface area contributed by atoms with Crippen LogP contribution in [0.5, 0.6) is 0 Å². The normalized spacial score (nSPS) is 13.0. The number of hydrogen-bond donors (Lipinski definition) is 1. The Morgan fingerprint density at radius 3 is 1.54 bits per heavy atom. The van der Waals surface area contributed by atoms with Crippen molar-refractivity contribution in [3.8, 4) is 0 Å². The first-order valence-electron chi connectivity index (χ1n) is 10.1. The van der Waals surface area contributed by atoms with Crippen LogP contribution >= 0.6 is 0 Å². The van der Waals surface area contributed by atoms with E-state index in [0.29, 0.717) is 0 Å². The van der Waals surface area contributed by atoms with Gasteiger partial charge in [0.05, 0.1) is 0 Å². The van der Waals surface area contributed by atoms with Gasteiger partial charge in [-0.3, -0.25) is 4.79 Å². The molecule has 1 amide bonds.